The van der Waals surface area contributed by atoms with Crippen LogP contribution in [0, 0.1) is 6.92 Å². The summed E-state index contributed by atoms with van der Waals surface area (Å²) in [6.45, 7) is 3.00. The Balaban J connectivity index is 1.89. The fourth-order valence-corrected chi connectivity index (χ4v) is 2.42. The van der Waals surface area contributed by atoms with Crippen LogP contribution in [0.4, 0.5) is 5.69 Å². The van der Waals surface area contributed by atoms with Crippen LogP contribution in [0.1, 0.15) is 11.1 Å². The number of nitrogens with zero attached hydrogens (tertiary/aromatic N) is 2. The van der Waals surface area contributed by atoms with E-state index in [0.717, 1.165) is 6.54 Å². The van der Waals surface area contributed by atoms with Gasteiger partial charge in [0.1, 0.15) is 0 Å². The molecule has 0 fully saturated rings. The summed E-state index contributed by atoms with van der Waals surface area (Å²) in [4.78, 5) is 6.48. The minimum atomic E-state index is 0.873. The molecule has 20 heavy (non-hydrogen) atoms. The van der Waals surface area contributed by atoms with Gasteiger partial charge in [0.2, 0.25) is 0 Å². The number of aromatic nitrogens is 1. The van der Waals surface area contributed by atoms with Gasteiger partial charge in [0.15, 0.2) is 0 Å². The third-order valence-corrected chi connectivity index (χ3v) is 3.73. The van der Waals surface area contributed by atoms with Gasteiger partial charge in [-0.2, -0.15) is 0 Å². The van der Waals surface area contributed by atoms with Crippen molar-refractivity contribution in [3.63, 3.8) is 0 Å². The molecule has 1 aromatic heterocycles. The van der Waals surface area contributed by atoms with Gasteiger partial charge in [-0.1, -0.05) is 30.3 Å². The molecule has 0 unspecified atom stereocenters. The van der Waals surface area contributed by atoms with Crippen LogP contribution in [0.3, 0.4) is 0 Å². The first-order valence-corrected chi connectivity index (χ1v) is 6.83. The largest absolute Gasteiger partial charge is 0.370 e. The number of pyridine rings is 1. The van der Waals surface area contributed by atoms with Crippen molar-refractivity contribution < 1.29 is 0 Å². The Bertz CT molecular complexity index is 734. The second-order valence-corrected chi connectivity index (χ2v) is 5.19. The van der Waals surface area contributed by atoms with E-state index in [0.29, 0.717) is 0 Å². The predicted octanol–water partition coefficient (Wildman–Crippen LogP) is 4.18. The Hall–Kier alpha value is -2.35. The molecule has 0 amide bonds. The third-order valence-electron chi connectivity index (χ3n) is 3.73. The van der Waals surface area contributed by atoms with Crippen LogP contribution in [-0.4, -0.2) is 12.0 Å². The number of anilines is 1. The number of fused-ring (bicyclic) bond motifs is 1. The van der Waals surface area contributed by atoms with Gasteiger partial charge in [-0.3, -0.25) is 4.98 Å². The topological polar surface area (TPSA) is 16.1 Å². The van der Waals surface area contributed by atoms with Gasteiger partial charge in [-0.15, -0.1) is 0 Å². The molecule has 0 aliphatic rings. The molecule has 0 radical (unpaired) electrons. The number of hydrogen-bond donors (Lipinski definition) is 0. The summed E-state index contributed by atoms with van der Waals surface area (Å²) >= 11 is 0. The van der Waals surface area contributed by atoms with Crippen molar-refractivity contribution in [2.24, 2.45) is 0 Å². The molecule has 0 saturated carbocycles. The standard InChI is InChI=1S/C18H18N2/c1-14-9-10-19-12-17(14)13-20(2)18-8-7-15-5-3-4-6-16(15)11-18/h3-12H,13H2,1-2H3. The van der Waals surface area contributed by atoms with Gasteiger partial charge in [0, 0.05) is 31.7 Å². The van der Waals surface area contributed by atoms with Crippen molar-refractivity contribution >= 4 is 16.5 Å². The molecule has 2 nitrogen and oxygen atoms in total. The monoisotopic (exact) mass is 262 g/mol. The lowest BCUT2D eigenvalue weighted by molar-refractivity contribution is 0.906. The first-order valence-electron chi connectivity index (χ1n) is 6.83. The zero-order valence-corrected chi connectivity index (χ0v) is 11.9. The fraction of sp³-hybridized carbons (Fsp3) is 0.167. The first kappa shape index (κ1) is 12.7. The first-order chi connectivity index (χ1) is 9.74. The van der Waals surface area contributed by atoms with Crippen LogP contribution in [0.15, 0.2) is 60.9 Å². The van der Waals surface area contributed by atoms with E-state index >= 15 is 0 Å². The Morgan fingerprint density at radius 2 is 1.80 bits per heavy atom. The molecular weight excluding hydrogens is 244 g/mol. The van der Waals surface area contributed by atoms with Gasteiger partial charge in [-0.25, -0.2) is 0 Å². The van der Waals surface area contributed by atoms with Crippen LogP contribution >= 0.6 is 0 Å². The summed E-state index contributed by atoms with van der Waals surface area (Å²) in [6.07, 6.45) is 3.79. The van der Waals surface area contributed by atoms with Crippen LogP contribution in [-0.2, 0) is 6.54 Å². The smallest absolute Gasteiger partial charge is 0.0444 e. The highest BCUT2D eigenvalue weighted by Gasteiger charge is 2.05. The molecule has 1 heterocycles. The molecule has 3 rings (SSSR count). The van der Waals surface area contributed by atoms with Gasteiger partial charge in [-0.05, 0) is 47.0 Å². The predicted molar refractivity (Wildman–Crippen MR) is 85.0 cm³/mol. The Kier molecular flexibility index (Phi) is 3.38. The molecule has 0 saturated heterocycles. The molecule has 0 N–H and O–H groups in total. The number of aryl methyl sites for hydroxylation is 1. The van der Waals surface area contributed by atoms with Crippen LogP contribution in [0.5, 0.6) is 0 Å². The summed E-state index contributed by atoms with van der Waals surface area (Å²) in [6, 6.07) is 17.1. The van der Waals surface area contributed by atoms with Gasteiger partial charge in [0.25, 0.3) is 0 Å². The molecule has 2 aromatic carbocycles. The molecular formula is C18H18N2. The minimum absolute atomic E-state index is 0.873. The van der Waals surface area contributed by atoms with E-state index in [1.165, 1.54) is 27.6 Å². The quantitative estimate of drug-likeness (QED) is 0.704. The van der Waals surface area contributed by atoms with E-state index in [4.69, 9.17) is 0 Å². The molecule has 2 heteroatoms. The number of benzene rings is 2. The zero-order valence-electron chi connectivity index (χ0n) is 11.9. The normalized spacial score (nSPS) is 10.7. The molecule has 100 valence electrons. The van der Waals surface area contributed by atoms with Gasteiger partial charge >= 0.3 is 0 Å². The van der Waals surface area contributed by atoms with E-state index in [1.807, 2.05) is 12.4 Å². The summed E-state index contributed by atoms with van der Waals surface area (Å²) in [5.41, 5.74) is 3.78. The lowest BCUT2D eigenvalue weighted by atomic mass is 10.1. The summed E-state index contributed by atoms with van der Waals surface area (Å²) in [7, 11) is 2.12. The molecule has 0 spiro atoms. The molecule has 0 aliphatic heterocycles. The van der Waals surface area contributed by atoms with Crippen molar-refractivity contribution in [2.75, 3.05) is 11.9 Å². The molecule has 3 aromatic rings. The highest BCUT2D eigenvalue weighted by Crippen LogP contribution is 2.22. The van der Waals surface area contributed by atoms with Crippen molar-refractivity contribution in [1.82, 2.24) is 4.98 Å². The maximum Gasteiger partial charge on any atom is 0.0444 e. The lowest BCUT2D eigenvalue weighted by Gasteiger charge is -2.20. The molecule has 0 atom stereocenters. The van der Waals surface area contributed by atoms with E-state index in [-0.39, 0.29) is 0 Å². The number of hydrogen-bond acceptors (Lipinski definition) is 2. The van der Waals surface area contributed by atoms with Crippen molar-refractivity contribution in [3.05, 3.63) is 72.1 Å². The highest BCUT2D eigenvalue weighted by molar-refractivity contribution is 5.85. The zero-order chi connectivity index (χ0) is 13.9. The van der Waals surface area contributed by atoms with Crippen molar-refractivity contribution in [1.29, 1.82) is 0 Å². The van der Waals surface area contributed by atoms with E-state index in [1.54, 1.807) is 0 Å². The number of rotatable bonds is 3. The lowest BCUT2D eigenvalue weighted by Crippen LogP contribution is -2.17. The second kappa shape index (κ2) is 5.33. The van der Waals surface area contributed by atoms with Crippen molar-refractivity contribution in [3.8, 4) is 0 Å². The summed E-state index contributed by atoms with van der Waals surface area (Å²) < 4.78 is 0. The molecule has 0 aliphatic carbocycles. The Morgan fingerprint density at radius 3 is 2.60 bits per heavy atom. The summed E-state index contributed by atoms with van der Waals surface area (Å²) in [5.74, 6) is 0. The van der Waals surface area contributed by atoms with Gasteiger partial charge in [0.05, 0.1) is 0 Å². The fourth-order valence-electron chi connectivity index (χ4n) is 2.42. The Labute approximate surface area is 119 Å². The average molecular weight is 262 g/mol. The van der Waals surface area contributed by atoms with E-state index < -0.39 is 0 Å². The van der Waals surface area contributed by atoms with E-state index in [2.05, 4.69) is 72.4 Å². The third kappa shape index (κ3) is 2.50. The second-order valence-electron chi connectivity index (χ2n) is 5.19. The average Bonchev–Trinajstić information content (AvgIpc) is 2.49. The highest BCUT2D eigenvalue weighted by atomic mass is 15.1. The molecule has 0 bridgehead atoms. The van der Waals surface area contributed by atoms with Crippen LogP contribution in [0.2, 0.25) is 0 Å². The van der Waals surface area contributed by atoms with Crippen LogP contribution < -0.4 is 4.90 Å². The minimum Gasteiger partial charge on any atom is -0.370 e. The van der Waals surface area contributed by atoms with Crippen LogP contribution in [0.25, 0.3) is 10.8 Å². The maximum atomic E-state index is 4.22. The van der Waals surface area contributed by atoms with Crippen molar-refractivity contribution in [2.45, 2.75) is 13.5 Å². The summed E-state index contributed by atoms with van der Waals surface area (Å²) in [5, 5.41) is 2.56. The SMILES string of the molecule is Cc1ccncc1CN(C)c1ccc2ccccc2c1. The Morgan fingerprint density at radius 1 is 1.00 bits per heavy atom. The van der Waals surface area contributed by atoms with E-state index in [9.17, 15) is 0 Å². The maximum absolute atomic E-state index is 4.22. The van der Waals surface area contributed by atoms with Gasteiger partial charge < -0.3 is 4.90 Å².